The Morgan fingerprint density at radius 2 is 1.83 bits per heavy atom. The number of rotatable bonds is 5. The van der Waals surface area contributed by atoms with Gasteiger partial charge in [0.15, 0.2) is 0 Å². The molecule has 0 aliphatic rings. The molecule has 0 aliphatic carbocycles. The van der Waals surface area contributed by atoms with Crippen LogP contribution in [-0.2, 0) is 11.8 Å². The Hall–Kier alpha value is -0.570. The van der Waals surface area contributed by atoms with Crippen LogP contribution < -0.4 is 0 Å². The average Bonchev–Trinajstić information content (AvgIpc) is 2.90. The Balaban J connectivity index is 2.40. The molecule has 4 heteroatoms. The predicted molar refractivity (Wildman–Crippen MR) is 77.5 cm³/mol. The van der Waals surface area contributed by atoms with Gasteiger partial charge in [0, 0.05) is 17.2 Å². The smallest absolute Gasteiger partial charge is 0.127 e. The molecule has 0 N–H and O–H groups in total. The highest BCUT2D eigenvalue weighted by atomic mass is 35.5. The van der Waals surface area contributed by atoms with Crippen molar-refractivity contribution < 1.29 is 4.39 Å². The van der Waals surface area contributed by atoms with E-state index in [1.807, 2.05) is 17.5 Å². The lowest BCUT2D eigenvalue weighted by Gasteiger charge is -2.30. The Morgan fingerprint density at radius 3 is 2.39 bits per heavy atom. The Labute approximate surface area is 120 Å². The second-order valence-electron chi connectivity index (χ2n) is 4.34. The molecule has 2 aromatic rings. The van der Waals surface area contributed by atoms with Gasteiger partial charge in [0.25, 0.3) is 0 Å². The van der Waals surface area contributed by atoms with Crippen LogP contribution in [0.4, 0.5) is 4.39 Å². The molecule has 0 spiro atoms. The van der Waals surface area contributed by atoms with Gasteiger partial charge >= 0.3 is 0 Å². The summed E-state index contributed by atoms with van der Waals surface area (Å²) in [4.78, 5) is 0. The maximum Gasteiger partial charge on any atom is 0.127 e. The number of halogens is 3. The SMILES string of the molecule is Fc1ccccc1C(CCl)(CCl)Cc1ccsc1. The number of hydrogen-bond acceptors (Lipinski definition) is 1. The van der Waals surface area contributed by atoms with Crippen LogP contribution in [0, 0.1) is 5.82 Å². The summed E-state index contributed by atoms with van der Waals surface area (Å²) < 4.78 is 14.0. The third kappa shape index (κ3) is 2.71. The van der Waals surface area contributed by atoms with Crippen LogP contribution in [0.5, 0.6) is 0 Å². The molecular formula is C14H13Cl2FS. The zero-order valence-corrected chi connectivity index (χ0v) is 12.0. The van der Waals surface area contributed by atoms with Crippen molar-refractivity contribution in [1.82, 2.24) is 0 Å². The molecule has 0 aliphatic heterocycles. The van der Waals surface area contributed by atoms with Crippen molar-refractivity contribution >= 4 is 34.5 Å². The maximum absolute atomic E-state index is 14.0. The van der Waals surface area contributed by atoms with Crippen molar-refractivity contribution in [2.75, 3.05) is 11.8 Å². The molecule has 0 saturated carbocycles. The van der Waals surface area contributed by atoms with Crippen molar-refractivity contribution in [3.63, 3.8) is 0 Å². The number of benzene rings is 1. The van der Waals surface area contributed by atoms with Gasteiger partial charge in [0.1, 0.15) is 5.82 Å². The summed E-state index contributed by atoms with van der Waals surface area (Å²) >= 11 is 13.8. The van der Waals surface area contributed by atoms with Crippen molar-refractivity contribution in [2.45, 2.75) is 11.8 Å². The van der Waals surface area contributed by atoms with E-state index in [9.17, 15) is 4.39 Å². The molecule has 0 fully saturated rings. The Kier molecular flexibility index (Phi) is 4.66. The summed E-state index contributed by atoms with van der Waals surface area (Å²) in [6.45, 7) is 0. The third-order valence-corrected chi connectivity index (χ3v) is 4.83. The molecule has 1 aromatic heterocycles. The lowest BCUT2D eigenvalue weighted by Crippen LogP contribution is -2.34. The van der Waals surface area contributed by atoms with E-state index in [1.54, 1.807) is 23.5 Å². The summed E-state index contributed by atoms with van der Waals surface area (Å²) in [5.41, 5.74) is 1.20. The van der Waals surface area contributed by atoms with E-state index in [-0.39, 0.29) is 5.82 Å². The van der Waals surface area contributed by atoms with Gasteiger partial charge in [-0.15, -0.1) is 23.2 Å². The first-order valence-electron chi connectivity index (χ1n) is 5.60. The first kappa shape index (κ1) is 13.9. The molecule has 0 saturated heterocycles. The van der Waals surface area contributed by atoms with Crippen LogP contribution in [-0.4, -0.2) is 11.8 Å². The first-order chi connectivity index (χ1) is 8.72. The van der Waals surface area contributed by atoms with Crippen LogP contribution in [0.1, 0.15) is 11.1 Å². The molecule has 96 valence electrons. The molecular weight excluding hydrogens is 290 g/mol. The number of hydrogen-bond donors (Lipinski definition) is 0. The van der Waals surface area contributed by atoms with Crippen LogP contribution in [0.3, 0.4) is 0 Å². The fraction of sp³-hybridized carbons (Fsp3) is 0.286. The fourth-order valence-electron chi connectivity index (χ4n) is 2.04. The molecule has 2 rings (SSSR count). The van der Waals surface area contributed by atoms with Crippen LogP contribution in [0.15, 0.2) is 41.1 Å². The van der Waals surface area contributed by atoms with Gasteiger partial charge in [0.2, 0.25) is 0 Å². The van der Waals surface area contributed by atoms with Crippen molar-refractivity contribution in [2.24, 2.45) is 0 Å². The summed E-state index contributed by atoms with van der Waals surface area (Å²) in [6, 6.07) is 8.75. The predicted octanol–water partition coefficient (Wildman–Crippen LogP) is 4.85. The van der Waals surface area contributed by atoms with Crippen molar-refractivity contribution in [1.29, 1.82) is 0 Å². The molecule has 0 unspecified atom stereocenters. The zero-order valence-electron chi connectivity index (χ0n) is 9.70. The Morgan fingerprint density at radius 1 is 1.11 bits per heavy atom. The molecule has 0 amide bonds. The van der Waals surface area contributed by atoms with E-state index in [0.29, 0.717) is 23.7 Å². The van der Waals surface area contributed by atoms with Crippen molar-refractivity contribution in [3.05, 3.63) is 58.0 Å². The van der Waals surface area contributed by atoms with E-state index in [1.165, 1.54) is 6.07 Å². The van der Waals surface area contributed by atoms with Gasteiger partial charge in [-0.25, -0.2) is 4.39 Å². The lowest BCUT2D eigenvalue weighted by molar-refractivity contribution is 0.491. The van der Waals surface area contributed by atoms with Crippen molar-refractivity contribution in [3.8, 4) is 0 Å². The van der Waals surface area contributed by atoms with Crippen LogP contribution in [0.2, 0.25) is 0 Å². The standard InChI is InChI=1S/C14H13Cl2FS/c15-9-14(10-16,7-11-5-6-18-8-11)12-3-1-2-4-13(12)17/h1-6,8H,7,9-10H2. The average molecular weight is 303 g/mol. The van der Waals surface area contributed by atoms with E-state index in [2.05, 4.69) is 5.38 Å². The summed E-state index contributed by atoms with van der Waals surface area (Å²) in [7, 11) is 0. The van der Waals surface area contributed by atoms with E-state index >= 15 is 0 Å². The molecule has 0 nitrogen and oxygen atoms in total. The lowest BCUT2D eigenvalue weighted by atomic mass is 9.79. The van der Waals surface area contributed by atoms with Gasteiger partial charge in [-0.2, -0.15) is 11.3 Å². The minimum Gasteiger partial charge on any atom is -0.207 e. The summed E-state index contributed by atoms with van der Waals surface area (Å²) in [6.07, 6.45) is 0.657. The highest BCUT2D eigenvalue weighted by Crippen LogP contribution is 2.33. The van der Waals surface area contributed by atoms with Gasteiger partial charge in [0.05, 0.1) is 0 Å². The molecule has 1 heterocycles. The minimum atomic E-state index is -0.546. The van der Waals surface area contributed by atoms with Gasteiger partial charge in [-0.3, -0.25) is 0 Å². The third-order valence-electron chi connectivity index (χ3n) is 3.08. The maximum atomic E-state index is 14.0. The van der Waals surface area contributed by atoms with Gasteiger partial charge in [-0.1, -0.05) is 18.2 Å². The fourth-order valence-corrected chi connectivity index (χ4v) is 3.48. The monoisotopic (exact) mass is 302 g/mol. The second-order valence-corrected chi connectivity index (χ2v) is 5.65. The second kappa shape index (κ2) is 6.05. The van der Waals surface area contributed by atoms with E-state index in [0.717, 1.165) is 5.56 Å². The van der Waals surface area contributed by atoms with E-state index in [4.69, 9.17) is 23.2 Å². The molecule has 0 radical (unpaired) electrons. The highest BCUT2D eigenvalue weighted by Gasteiger charge is 2.33. The molecule has 0 atom stereocenters. The summed E-state index contributed by atoms with van der Waals surface area (Å²) in [5, 5.41) is 4.05. The van der Waals surface area contributed by atoms with E-state index < -0.39 is 5.41 Å². The Bertz CT molecular complexity index is 492. The minimum absolute atomic E-state index is 0.242. The normalized spacial score (nSPS) is 11.7. The number of alkyl halides is 2. The van der Waals surface area contributed by atoms with Gasteiger partial charge < -0.3 is 0 Å². The van der Waals surface area contributed by atoms with Gasteiger partial charge in [-0.05, 0) is 40.4 Å². The summed E-state index contributed by atoms with van der Waals surface area (Å²) in [5.74, 6) is 0.356. The molecule has 18 heavy (non-hydrogen) atoms. The van der Waals surface area contributed by atoms with Crippen LogP contribution in [0.25, 0.3) is 0 Å². The van der Waals surface area contributed by atoms with Crippen LogP contribution >= 0.6 is 34.5 Å². The molecule has 0 bridgehead atoms. The number of thiophene rings is 1. The topological polar surface area (TPSA) is 0 Å². The largest absolute Gasteiger partial charge is 0.207 e. The molecule has 1 aromatic carbocycles. The quantitative estimate of drug-likeness (QED) is 0.693. The highest BCUT2D eigenvalue weighted by molar-refractivity contribution is 7.07. The first-order valence-corrected chi connectivity index (χ1v) is 7.61. The zero-order chi connectivity index (χ0) is 13.0.